The van der Waals surface area contributed by atoms with E-state index in [-0.39, 0.29) is 5.56 Å². The van der Waals surface area contributed by atoms with E-state index < -0.39 is 0 Å². The SMILES string of the molecule is O=c1[nH]cnc2c1cnc1ccccc12. The highest BCUT2D eigenvalue weighted by Gasteiger charge is 2.03. The smallest absolute Gasteiger partial charge is 0.260 e. The second kappa shape index (κ2) is 2.88. The lowest BCUT2D eigenvalue weighted by atomic mass is 10.1. The zero-order chi connectivity index (χ0) is 10.3. The Bertz CT molecular complexity index is 703. The number of H-pyrrole nitrogens is 1. The zero-order valence-electron chi connectivity index (χ0n) is 7.77. The van der Waals surface area contributed by atoms with Crippen molar-refractivity contribution in [3.05, 3.63) is 47.1 Å². The van der Waals surface area contributed by atoms with Gasteiger partial charge in [0.15, 0.2) is 0 Å². The summed E-state index contributed by atoms with van der Waals surface area (Å²) in [5.74, 6) is 0. The lowest BCUT2D eigenvalue weighted by Crippen LogP contribution is -2.06. The average molecular weight is 197 g/mol. The largest absolute Gasteiger partial charge is 0.313 e. The summed E-state index contributed by atoms with van der Waals surface area (Å²) in [4.78, 5) is 22.4. The molecule has 0 saturated carbocycles. The molecular formula is C11H7N3O. The molecule has 0 aliphatic carbocycles. The third-order valence-corrected chi connectivity index (χ3v) is 2.38. The van der Waals surface area contributed by atoms with E-state index in [0.29, 0.717) is 10.9 Å². The zero-order valence-corrected chi connectivity index (χ0v) is 7.77. The monoisotopic (exact) mass is 197 g/mol. The van der Waals surface area contributed by atoms with Crippen molar-refractivity contribution >= 4 is 21.8 Å². The quantitative estimate of drug-likeness (QED) is 0.555. The first-order valence-corrected chi connectivity index (χ1v) is 4.57. The van der Waals surface area contributed by atoms with Crippen LogP contribution in [0.3, 0.4) is 0 Å². The van der Waals surface area contributed by atoms with Gasteiger partial charge in [-0.05, 0) is 6.07 Å². The van der Waals surface area contributed by atoms with Gasteiger partial charge in [-0.25, -0.2) is 4.98 Å². The number of nitrogens with one attached hydrogen (secondary N) is 1. The highest BCUT2D eigenvalue weighted by atomic mass is 16.1. The van der Waals surface area contributed by atoms with Crippen LogP contribution < -0.4 is 5.56 Å². The van der Waals surface area contributed by atoms with Crippen molar-refractivity contribution in [1.29, 1.82) is 0 Å². The van der Waals surface area contributed by atoms with Gasteiger partial charge in [-0.2, -0.15) is 0 Å². The van der Waals surface area contributed by atoms with E-state index in [1.165, 1.54) is 6.33 Å². The summed E-state index contributed by atoms with van der Waals surface area (Å²) in [6.45, 7) is 0. The fourth-order valence-electron chi connectivity index (χ4n) is 1.67. The molecule has 0 radical (unpaired) electrons. The Hall–Kier alpha value is -2.23. The number of hydrogen-bond donors (Lipinski definition) is 1. The molecule has 0 fully saturated rings. The molecule has 0 atom stereocenters. The summed E-state index contributed by atoms with van der Waals surface area (Å²) in [7, 11) is 0. The predicted molar refractivity (Wildman–Crippen MR) is 57.7 cm³/mol. The van der Waals surface area contributed by atoms with Crippen LogP contribution in [0.5, 0.6) is 0 Å². The number of benzene rings is 1. The average Bonchev–Trinajstić information content (AvgIpc) is 2.29. The van der Waals surface area contributed by atoms with Crippen LogP contribution in [0.1, 0.15) is 0 Å². The number of hydrogen-bond acceptors (Lipinski definition) is 3. The Morgan fingerprint density at radius 3 is 2.87 bits per heavy atom. The molecule has 15 heavy (non-hydrogen) atoms. The molecule has 0 aliphatic heterocycles. The third kappa shape index (κ3) is 1.11. The Morgan fingerprint density at radius 1 is 1.07 bits per heavy atom. The van der Waals surface area contributed by atoms with Crippen LogP contribution in [-0.4, -0.2) is 15.0 Å². The van der Waals surface area contributed by atoms with E-state index in [4.69, 9.17) is 0 Å². The fraction of sp³-hybridized carbons (Fsp3) is 0. The van der Waals surface area contributed by atoms with Crippen LogP contribution in [0, 0.1) is 0 Å². The first kappa shape index (κ1) is 8.11. The molecule has 72 valence electrons. The summed E-state index contributed by atoms with van der Waals surface area (Å²) in [6, 6.07) is 7.63. The van der Waals surface area contributed by atoms with Gasteiger partial charge in [0.25, 0.3) is 5.56 Å². The molecule has 1 aromatic carbocycles. The van der Waals surface area contributed by atoms with Crippen molar-refractivity contribution in [2.75, 3.05) is 0 Å². The molecule has 3 rings (SSSR count). The number of nitrogens with zero attached hydrogens (tertiary/aromatic N) is 2. The first-order valence-electron chi connectivity index (χ1n) is 4.57. The van der Waals surface area contributed by atoms with Gasteiger partial charge in [-0.15, -0.1) is 0 Å². The maximum atomic E-state index is 11.5. The maximum absolute atomic E-state index is 11.5. The van der Waals surface area contributed by atoms with E-state index in [1.54, 1.807) is 6.20 Å². The molecule has 4 heteroatoms. The van der Waals surface area contributed by atoms with E-state index in [9.17, 15) is 4.79 Å². The minimum atomic E-state index is -0.154. The summed E-state index contributed by atoms with van der Waals surface area (Å²) in [5.41, 5.74) is 1.39. The first-order chi connectivity index (χ1) is 7.36. The summed E-state index contributed by atoms with van der Waals surface area (Å²) >= 11 is 0. The summed E-state index contributed by atoms with van der Waals surface area (Å²) in [5, 5.41) is 1.43. The van der Waals surface area contributed by atoms with Gasteiger partial charge in [0.1, 0.15) is 0 Å². The molecule has 0 aliphatic rings. The number of fused-ring (bicyclic) bond motifs is 3. The Kier molecular flexibility index (Phi) is 1.56. The second-order valence-corrected chi connectivity index (χ2v) is 3.27. The highest BCUT2D eigenvalue weighted by Crippen LogP contribution is 2.17. The number of rotatable bonds is 0. The van der Waals surface area contributed by atoms with E-state index >= 15 is 0 Å². The van der Waals surface area contributed by atoms with Crippen LogP contribution in [0.4, 0.5) is 0 Å². The van der Waals surface area contributed by atoms with E-state index in [2.05, 4.69) is 15.0 Å². The molecule has 3 aromatic rings. The number of aromatic nitrogens is 3. The maximum Gasteiger partial charge on any atom is 0.260 e. The van der Waals surface area contributed by atoms with E-state index in [1.807, 2.05) is 24.3 Å². The lowest BCUT2D eigenvalue weighted by molar-refractivity contribution is 1.17. The van der Waals surface area contributed by atoms with Gasteiger partial charge in [-0.3, -0.25) is 9.78 Å². The number of pyridine rings is 1. The predicted octanol–water partition coefficient (Wildman–Crippen LogP) is 1.47. The molecule has 2 heterocycles. The van der Waals surface area contributed by atoms with Crippen molar-refractivity contribution in [1.82, 2.24) is 15.0 Å². The van der Waals surface area contributed by atoms with Crippen molar-refractivity contribution in [2.45, 2.75) is 0 Å². The van der Waals surface area contributed by atoms with Crippen LogP contribution >= 0.6 is 0 Å². The van der Waals surface area contributed by atoms with Gasteiger partial charge in [-0.1, -0.05) is 18.2 Å². The molecule has 0 bridgehead atoms. The molecule has 2 aromatic heterocycles. The van der Waals surface area contributed by atoms with Gasteiger partial charge in [0.05, 0.1) is 22.7 Å². The summed E-state index contributed by atoms with van der Waals surface area (Å²) < 4.78 is 0. The normalized spacial score (nSPS) is 10.9. The van der Waals surface area contributed by atoms with Gasteiger partial charge in [0.2, 0.25) is 0 Å². The Morgan fingerprint density at radius 2 is 1.93 bits per heavy atom. The number of aromatic amines is 1. The van der Waals surface area contributed by atoms with Crippen molar-refractivity contribution in [2.24, 2.45) is 0 Å². The van der Waals surface area contributed by atoms with Crippen LogP contribution in [0.25, 0.3) is 21.8 Å². The molecule has 1 N–H and O–H groups in total. The van der Waals surface area contributed by atoms with Gasteiger partial charge in [0, 0.05) is 11.6 Å². The molecule has 0 amide bonds. The Balaban J connectivity index is 2.67. The second-order valence-electron chi connectivity index (χ2n) is 3.27. The van der Waals surface area contributed by atoms with Crippen LogP contribution in [0.15, 0.2) is 41.6 Å². The van der Waals surface area contributed by atoms with Crippen LogP contribution in [-0.2, 0) is 0 Å². The minimum Gasteiger partial charge on any atom is -0.313 e. The number of para-hydroxylation sites is 1. The molecular weight excluding hydrogens is 190 g/mol. The Labute approximate surface area is 84.6 Å². The molecule has 4 nitrogen and oxygen atoms in total. The third-order valence-electron chi connectivity index (χ3n) is 2.38. The fourth-order valence-corrected chi connectivity index (χ4v) is 1.67. The summed E-state index contributed by atoms with van der Waals surface area (Å²) in [6.07, 6.45) is 2.97. The van der Waals surface area contributed by atoms with Crippen LogP contribution in [0.2, 0.25) is 0 Å². The molecule has 0 unspecified atom stereocenters. The lowest BCUT2D eigenvalue weighted by Gasteiger charge is -1.99. The molecule has 0 saturated heterocycles. The van der Waals surface area contributed by atoms with Crippen molar-refractivity contribution in [3.8, 4) is 0 Å². The van der Waals surface area contributed by atoms with Crippen molar-refractivity contribution < 1.29 is 0 Å². The molecule has 0 spiro atoms. The minimum absolute atomic E-state index is 0.154. The van der Waals surface area contributed by atoms with Crippen molar-refractivity contribution in [3.63, 3.8) is 0 Å². The topological polar surface area (TPSA) is 58.6 Å². The highest BCUT2D eigenvalue weighted by molar-refractivity contribution is 6.02. The van der Waals surface area contributed by atoms with E-state index in [0.717, 1.165) is 10.9 Å². The van der Waals surface area contributed by atoms with Gasteiger partial charge >= 0.3 is 0 Å². The standard InChI is InChI=1S/C11H7N3O/c15-11-8-5-12-9-4-2-1-3-7(9)10(8)13-6-14-11/h1-6H,(H,13,14,15). The van der Waals surface area contributed by atoms with Gasteiger partial charge < -0.3 is 4.98 Å².